The summed E-state index contributed by atoms with van der Waals surface area (Å²) in [5.41, 5.74) is 4.34. The molecule has 0 unspecified atom stereocenters. The van der Waals surface area contributed by atoms with Crippen LogP contribution in [-0.2, 0) is 6.54 Å². The van der Waals surface area contributed by atoms with E-state index in [9.17, 15) is 14.3 Å². The molecule has 0 radical (unpaired) electrons. The molecule has 2 aromatic rings. The molecule has 2 N–H and O–H groups in total. The van der Waals surface area contributed by atoms with E-state index < -0.39 is 5.97 Å². The number of thiocarbonyl (C=S) groups is 1. The van der Waals surface area contributed by atoms with Crippen molar-refractivity contribution in [3.05, 3.63) is 71.0 Å². The van der Waals surface area contributed by atoms with Crippen LogP contribution in [0.5, 0.6) is 0 Å². The average molecular weight is 330 g/mol. The Labute approximate surface area is 137 Å². The maximum atomic E-state index is 12.8. The third kappa shape index (κ3) is 5.48. The standard InChI is InChI=1S/C16H14FN3O2S/c17-14-7-3-11(4-8-14)9-18-16(23)20-19-10-12-1-5-13(6-2-12)15(21)22/h1-8,10H,9H2,(H,21,22)(H2,18,20,23)/p-1/b19-10-. The molecule has 0 aliphatic rings. The number of carboxylic acid groups (broad SMARTS) is 1. The predicted octanol–water partition coefficient (Wildman–Crippen LogP) is 1.19. The van der Waals surface area contributed by atoms with Gasteiger partial charge in [0.1, 0.15) is 5.82 Å². The Hall–Kier alpha value is -2.80. The molecule has 2 aromatic carbocycles. The number of carbonyl (C=O) groups excluding carboxylic acids is 1. The topological polar surface area (TPSA) is 76.5 Å². The van der Waals surface area contributed by atoms with E-state index in [4.69, 9.17) is 12.2 Å². The molecule has 0 saturated carbocycles. The van der Waals surface area contributed by atoms with Crippen LogP contribution in [0.4, 0.5) is 4.39 Å². The van der Waals surface area contributed by atoms with Crippen molar-refractivity contribution in [1.82, 2.24) is 10.7 Å². The summed E-state index contributed by atoms with van der Waals surface area (Å²) in [4.78, 5) is 10.6. The Balaban J connectivity index is 1.79. The number of hydrazone groups is 1. The predicted molar refractivity (Wildman–Crippen MR) is 87.3 cm³/mol. The molecule has 0 saturated heterocycles. The van der Waals surface area contributed by atoms with Crippen LogP contribution in [0.25, 0.3) is 0 Å². The van der Waals surface area contributed by atoms with Crippen LogP contribution in [0.2, 0.25) is 0 Å². The highest BCUT2D eigenvalue weighted by atomic mass is 32.1. The van der Waals surface area contributed by atoms with Gasteiger partial charge >= 0.3 is 0 Å². The second-order valence-electron chi connectivity index (χ2n) is 4.59. The van der Waals surface area contributed by atoms with Crippen molar-refractivity contribution < 1.29 is 14.3 Å². The molecule has 5 nitrogen and oxygen atoms in total. The monoisotopic (exact) mass is 330 g/mol. The number of benzene rings is 2. The van der Waals surface area contributed by atoms with Gasteiger partial charge in [-0.05, 0) is 41.0 Å². The fourth-order valence-electron chi connectivity index (χ4n) is 1.69. The summed E-state index contributed by atoms with van der Waals surface area (Å²) in [5, 5.41) is 17.8. The molecule has 2 rings (SSSR count). The SMILES string of the molecule is O=C([O-])c1ccc(/C=N\NC(=S)NCc2ccc(F)cc2)cc1. The zero-order valence-electron chi connectivity index (χ0n) is 12.0. The van der Waals surface area contributed by atoms with E-state index in [-0.39, 0.29) is 11.4 Å². The fourth-order valence-corrected chi connectivity index (χ4v) is 1.82. The molecule has 0 bridgehead atoms. The normalized spacial score (nSPS) is 10.5. The summed E-state index contributed by atoms with van der Waals surface area (Å²) in [5.74, 6) is -1.51. The van der Waals surface area contributed by atoms with Crippen LogP contribution >= 0.6 is 12.2 Å². The second kappa shape index (κ2) is 8.00. The summed E-state index contributed by atoms with van der Waals surface area (Å²) in [7, 11) is 0. The maximum Gasteiger partial charge on any atom is 0.187 e. The molecule has 23 heavy (non-hydrogen) atoms. The lowest BCUT2D eigenvalue weighted by Gasteiger charge is -2.07. The molecular formula is C16H13FN3O2S-. The van der Waals surface area contributed by atoms with E-state index in [0.717, 1.165) is 5.56 Å². The summed E-state index contributed by atoms with van der Waals surface area (Å²) >= 11 is 5.05. The van der Waals surface area contributed by atoms with E-state index >= 15 is 0 Å². The first-order valence-electron chi connectivity index (χ1n) is 6.67. The van der Waals surface area contributed by atoms with Gasteiger partial charge in [0, 0.05) is 6.54 Å². The minimum atomic E-state index is -1.22. The Morgan fingerprint density at radius 3 is 2.43 bits per heavy atom. The third-order valence-electron chi connectivity index (χ3n) is 2.89. The number of carbonyl (C=O) groups is 1. The van der Waals surface area contributed by atoms with Gasteiger partial charge in [-0.15, -0.1) is 0 Å². The summed E-state index contributed by atoms with van der Waals surface area (Å²) in [6.07, 6.45) is 1.50. The van der Waals surface area contributed by atoms with Crippen LogP contribution < -0.4 is 15.8 Å². The van der Waals surface area contributed by atoms with E-state index in [0.29, 0.717) is 17.2 Å². The number of halogens is 1. The summed E-state index contributed by atoms with van der Waals surface area (Å²) < 4.78 is 12.8. The first-order chi connectivity index (χ1) is 11.0. The van der Waals surface area contributed by atoms with Gasteiger partial charge < -0.3 is 15.2 Å². The van der Waals surface area contributed by atoms with Crippen LogP contribution in [-0.4, -0.2) is 17.3 Å². The van der Waals surface area contributed by atoms with E-state index in [2.05, 4.69) is 15.8 Å². The second-order valence-corrected chi connectivity index (χ2v) is 5.00. The van der Waals surface area contributed by atoms with Gasteiger partial charge in [-0.1, -0.05) is 36.4 Å². The first-order valence-corrected chi connectivity index (χ1v) is 7.08. The third-order valence-corrected chi connectivity index (χ3v) is 3.13. The van der Waals surface area contributed by atoms with Crippen molar-refractivity contribution in [2.45, 2.75) is 6.54 Å². The van der Waals surface area contributed by atoms with E-state index in [1.807, 2.05) is 0 Å². The van der Waals surface area contributed by atoms with Crippen molar-refractivity contribution >= 4 is 29.5 Å². The zero-order chi connectivity index (χ0) is 16.7. The highest BCUT2D eigenvalue weighted by Crippen LogP contribution is 2.02. The minimum absolute atomic E-state index is 0.103. The van der Waals surface area contributed by atoms with Gasteiger partial charge in [0.05, 0.1) is 12.2 Å². The number of nitrogens with zero attached hydrogens (tertiary/aromatic N) is 1. The van der Waals surface area contributed by atoms with Gasteiger partial charge in [0.25, 0.3) is 0 Å². The smallest absolute Gasteiger partial charge is 0.187 e. The van der Waals surface area contributed by atoms with Crippen molar-refractivity contribution in [1.29, 1.82) is 0 Å². The number of carboxylic acids is 1. The average Bonchev–Trinajstić information content (AvgIpc) is 2.55. The van der Waals surface area contributed by atoms with Crippen LogP contribution in [0, 0.1) is 5.82 Å². The van der Waals surface area contributed by atoms with Crippen molar-refractivity contribution in [2.75, 3.05) is 0 Å². The number of hydrogen-bond donors (Lipinski definition) is 2. The molecule has 0 aliphatic heterocycles. The maximum absolute atomic E-state index is 12.8. The lowest BCUT2D eigenvalue weighted by molar-refractivity contribution is -0.255. The van der Waals surface area contributed by atoms with Crippen LogP contribution in [0.1, 0.15) is 21.5 Å². The van der Waals surface area contributed by atoms with Crippen molar-refractivity contribution in [3.63, 3.8) is 0 Å². The first kappa shape index (κ1) is 16.6. The lowest BCUT2D eigenvalue weighted by atomic mass is 10.1. The molecule has 0 fully saturated rings. The highest BCUT2D eigenvalue weighted by molar-refractivity contribution is 7.80. The van der Waals surface area contributed by atoms with Gasteiger partial charge in [0.2, 0.25) is 0 Å². The largest absolute Gasteiger partial charge is 0.545 e. The molecule has 0 aromatic heterocycles. The molecule has 0 heterocycles. The molecular weight excluding hydrogens is 317 g/mol. The van der Waals surface area contributed by atoms with Gasteiger partial charge in [-0.2, -0.15) is 5.10 Å². The van der Waals surface area contributed by atoms with E-state index in [1.165, 1.54) is 30.5 Å². The Bertz CT molecular complexity index is 715. The molecule has 0 spiro atoms. The number of aromatic carboxylic acids is 1. The van der Waals surface area contributed by atoms with E-state index in [1.54, 1.807) is 24.3 Å². The fraction of sp³-hybridized carbons (Fsp3) is 0.0625. The Morgan fingerprint density at radius 1 is 1.17 bits per heavy atom. The van der Waals surface area contributed by atoms with Crippen molar-refractivity contribution in [2.24, 2.45) is 5.10 Å². The molecule has 118 valence electrons. The molecule has 0 aliphatic carbocycles. The molecule has 0 atom stereocenters. The van der Waals surface area contributed by atoms with Gasteiger partial charge in [0.15, 0.2) is 5.11 Å². The quantitative estimate of drug-likeness (QED) is 0.489. The number of rotatable bonds is 5. The Morgan fingerprint density at radius 2 is 1.83 bits per heavy atom. The van der Waals surface area contributed by atoms with Crippen molar-refractivity contribution in [3.8, 4) is 0 Å². The number of hydrogen-bond acceptors (Lipinski definition) is 4. The lowest BCUT2D eigenvalue weighted by Crippen LogP contribution is -2.31. The number of nitrogens with one attached hydrogen (secondary N) is 2. The minimum Gasteiger partial charge on any atom is -0.545 e. The van der Waals surface area contributed by atoms with Crippen LogP contribution in [0.3, 0.4) is 0 Å². The summed E-state index contributed by atoms with van der Waals surface area (Å²) in [6.45, 7) is 0.446. The summed E-state index contributed by atoms with van der Waals surface area (Å²) in [6, 6.07) is 12.1. The molecule has 7 heteroatoms. The zero-order valence-corrected chi connectivity index (χ0v) is 12.8. The van der Waals surface area contributed by atoms with Gasteiger partial charge in [-0.25, -0.2) is 4.39 Å². The Kier molecular flexibility index (Phi) is 5.76. The van der Waals surface area contributed by atoms with Gasteiger partial charge in [-0.3, -0.25) is 5.43 Å². The highest BCUT2D eigenvalue weighted by Gasteiger charge is 1.96. The molecule has 0 amide bonds. The van der Waals surface area contributed by atoms with Crippen LogP contribution in [0.15, 0.2) is 53.6 Å².